The number of fused-ring (bicyclic) bond motifs is 1. The van der Waals surface area contributed by atoms with E-state index in [4.69, 9.17) is 16.3 Å². The normalized spacial score (nSPS) is 16.5. The molecule has 1 fully saturated rings. The maximum atomic E-state index is 14.2. The quantitative estimate of drug-likeness (QED) is 0.181. The van der Waals surface area contributed by atoms with Crippen molar-refractivity contribution in [1.82, 2.24) is 4.57 Å². The van der Waals surface area contributed by atoms with Gasteiger partial charge < -0.3 is 14.4 Å². The van der Waals surface area contributed by atoms with Crippen LogP contribution in [-0.4, -0.2) is 42.0 Å². The van der Waals surface area contributed by atoms with Crippen LogP contribution >= 0.6 is 11.6 Å². The minimum atomic E-state index is -4.26. The first-order valence-electron chi connectivity index (χ1n) is 14.1. The molecule has 1 atom stereocenters. The van der Waals surface area contributed by atoms with Crippen LogP contribution in [0.1, 0.15) is 41.4 Å². The van der Waals surface area contributed by atoms with E-state index in [1.165, 1.54) is 12.1 Å². The molecule has 6 rings (SSSR count). The van der Waals surface area contributed by atoms with Crippen LogP contribution in [0.15, 0.2) is 77.7 Å². The Hall–Kier alpha value is -4.61. The largest absolute Gasteiger partial charge is 0.506 e. The third-order valence-electron chi connectivity index (χ3n) is 7.88. The van der Waals surface area contributed by atoms with Gasteiger partial charge in [0.25, 0.3) is 15.9 Å². The molecule has 2 N–H and O–H groups in total. The molecule has 1 saturated heterocycles. The number of aromatic hydroxyl groups is 1. The number of imide groups is 1. The lowest BCUT2D eigenvalue weighted by molar-refractivity contribution is -0.120. The average Bonchev–Trinajstić information content (AvgIpc) is 3.51. The number of benzene rings is 3. The van der Waals surface area contributed by atoms with Crippen LogP contribution in [0, 0.1) is 0 Å². The van der Waals surface area contributed by atoms with Crippen molar-refractivity contribution >= 4 is 50.8 Å². The Kier molecular flexibility index (Phi) is 7.68. The first-order valence-corrected chi connectivity index (χ1v) is 16.0. The highest BCUT2D eigenvalue weighted by Gasteiger charge is 2.49. The van der Waals surface area contributed by atoms with Gasteiger partial charge in [-0.1, -0.05) is 54.1 Å². The van der Waals surface area contributed by atoms with Crippen molar-refractivity contribution in [2.45, 2.75) is 50.2 Å². The van der Waals surface area contributed by atoms with Crippen LogP contribution in [0.25, 0.3) is 11.3 Å². The van der Waals surface area contributed by atoms with Gasteiger partial charge >= 0.3 is 6.09 Å². The molecule has 0 radical (unpaired) electrons. The van der Waals surface area contributed by atoms with Crippen molar-refractivity contribution in [3.05, 3.63) is 94.6 Å². The van der Waals surface area contributed by atoms with Crippen molar-refractivity contribution in [3.63, 3.8) is 0 Å². The number of para-hydroxylation sites is 1. The van der Waals surface area contributed by atoms with E-state index in [2.05, 4.69) is 9.29 Å². The number of carbonyl (C=O) groups is 3. The van der Waals surface area contributed by atoms with Crippen molar-refractivity contribution in [2.24, 2.45) is 0 Å². The molecular formula is C32H28ClN3O7S. The number of phenols is 1. The minimum absolute atomic E-state index is 0.114. The molecule has 2 amide bonds. The zero-order valence-corrected chi connectivity index (χ0v) is 25.2. The Morgan fingerprint density at radius 1 is 1.02 bits per heavy atom. The summed E-state index contributed by atoms with van der Waals surface area (Å²) < 4.78 is 36.1. The Balaban J connectivity index is 1.38. The van der Waals surface area contributed by atoms with Crippen LogP contribution in [-0.2, 0) is 38.9 Å². The molecule has 3 aromatic carbocycles. The van der Waals surface area contributed by atoms with Crippen LogP contribution in [0.2, 0.25) is 5.02 Å². The van der Waals surface area contributed by atoms with Gasteiger partial charge in [-0.3, -0.25) is 14.3 Å². The highest BCUT2D eigenvalue weighted by molar-refractivity contribution is 7.92. The zero-order chi connectivity index (χ0) is 31.2. The number of anilines is 2. The molecule has 2 heterocycles. The maximum Gasteiger partial charge on any atom is 0.422 e. The number of ether oxygens (including phenoxy) is 1. The van der Waals surface area contributed by atoms with Crippen molar-refractivity contribution in [3.8, 4) is 17.0 Å². The Bertz CT molecular complexity index is 1920. The van der Waals surface area contributed by atoms with E-state index in [0.29, 0.717) is 29.1 Å². The van der Waals surface area contributed by atoms with Crippen molar-refractivity contribution < 1.29 is 32.6 Å². The fourth-order valence-corrected chi connectivity index (χ4v) is 7.24. The van der Waals surface area contributed by atoms with Gasteiger partial charge in [0.05, 0.1) is 32.6 Å². The standard InChI is InChI=1S/C32H28ClN3O7S/c1-2-35-24-15-9-6-12-21(24)27(28(35)19-10-4-3-5-11-19)29(38)30-31(39)36(32(40)43-30)25-18-20(16-17-26(25)37)44(41,42)34-23-14-8-7-13-22(23)33/h3-5,7-8,10-11,13-14,16-18,30,34,37H,2,6,9,12,15H2,1H3. The van der Waals surface area contributed by atoms with Gasteiger partial charge in [-0.25, -0.2) is 18.1 Å². The lowest BCUT2D eigenvalue weighted by Crippen LogP contribution is -2.35. The van der Waals surface area contributed by atoms with Crippen LogP contribution in [0.3, 0.4) is 0 Å². The van der Waals surface area contributed by atoms with E-state index in [0.717, 1.165) is 54.3 Å². The number of phenolic OH excluding ortho intramolecular Hbond substituents is 1. The topological polar surface area (TPSA) is 135 Å². The lowest BCUT2D eigenvalue weighted by atomic mass is 9.90. The predicted molar refractivity (Wildman–Crippen MR) is 165 cm³/mol. The number of amides is 2. The number of nitrogens with zero attached hydrogens (tertiary/aromatic N) is 2. The van der Waals surface area contributed by atoms with Gasteiger partial charge in [-0.2, -0.15) is 0 Å². The first kappa shape index (κ1) is 29.5. The molecule has 1 aliphatic heterocycles. The number of hydrogen-bond acceptors (Lipinski definition) is 7. The zero-order valence-electron chi connectivity index (χ0n) is 23.6. The average molecular weight is 634 g/mol. The summed E-state index contributed by atoms with van der Waals surface area (Å²) in [5.41, 5.74) is 3.33. The number of sulfonamides is 1. The fourth-order valence-electron chi connectivity index (χ4n) is 5.90. The third kappa shape index (κ3) is 5.01. The molecule has 1 unspecified atom stereocenters. The van der Waals surface area contributed by atoms with Gasteiger partial charge in [0.1, 0.15) is 5.75 Å². The highest BCUT2D eigenvalue weighted by atomic mass is 35.5. The number of carbonyl (C=O) groups excluding carboxylic acids is 3. The Morgan fingerprint density at radius 2 is 1.73 bits per heavy atom. The fraction of sp³-hybridized carbons (Fsp3) is 0.219. The Labute approximate surface area is 258 Å². The second kappa shape index (κ2) is 11.5. The van der Waals surface area contributed by atoms with Gasteiger partial charge in [0.2, 0.25) is 11.9 Å². The monoisotopic (exact) mass is 633 g/mol. The highest BCUT2D eigenvalue weighted by Crippen LogP contribution is 2.40. The van der Waals surface area contributed by atoms with E-state index in [1.54, 1.807) is 12.1 Å². The second-order valence-electron chi connectivity index (χ2n) is 10.5. The van der Waals surface area contributed by atoms with Gasteiger partial charge in [-0.05, 0) is 74.1 Å². The van der Waals surface area contributed by atoms with E-state index < -0.39 is 45.3 Å². The summed E-state index contributed by atoms with van der Waals surface area (Å²) in [6.07, 6.45) is 0.233. The molecule has 1 aliphatic carbocycles. The lowest BCUT2D eigenvalue weighted by Gasteiger charge is -2.16. The van der Waals surface area contributed by atoms with E-state index in [9.17, 15) is 27.9 Å². The van der Waals surface area contributed by atoms with Crippen LogP contribution in [0.5, 0.6) is 5.75 Å². The second-order valence-corrected chi connectivity index (χ2v) is 12.6. The summed E-state index contributed by atoms with van der Waals surface area (Å²) in [5.74, 6) is -2.25. The van der Waals surface area contributed by atoms with Gasteiger partial charge in [0.15, 0.2) is 0 Å². The predicted octanol–water partition coefficient (Wildman–Crippen LogP) is 5.95. The van der Waals surface area contributed by atoms with Gasteiger partial charge in [-0.15, -0.1) is 0 Å². The number of aromatic nitrogens is 1. The number of Topliss-reactive ketones (excluding diaryl/α,β-unsaturated/α-hetero) is 1. The summed E-state index contributed by atoms with van der Waals surface area (Å²) in [4.78, 5) is 41.2. The van der Waals surface area contributed by atoms with E-state index in [-0.39, 0.29) is 15.6 Å². The molecule has 0 saturated carbocycles. The molecule has 226 valence electrons. The number of nitrogens with one attached hydrogen (secondary N) is 1. The summed E-state index contributed by atoms with van der Waals surface area (Å²) in [6.45, 7) is 2.59. The summed E-state index contributed by atoms with van der Waals surface area (Å²) >= 11 is 6.10. The summed E-state index contributed by atoms with van der Waals surface area (Å²) in [6, 6.07) is 18.7. The maximum absolute atomic E-state index is 14.2. The Morgan fingerprint density at radius 3 is 2.45 bits per heavy atom. The smallest absolute Gasteiger partial charge is 0.422 e. The van der Waals surface area contributed by atoms with Gasteiger partial charge in [0, 0.05) is 12.2 Å². The molecular weight excluding hydrogens is 606 g/mol. The molecule has 0 bridgehead atoms. The van der Waals surface area contributed by atoms with E-state index in [1.807, 2.05) is 37.3 Å². The first-order chi connectivity index (χ1) is 21.1. The van der Waals surface area contributed by atoms with Crippen LogP contribution in [0.4, 0.5) is 16.2 Å². The van der Waals surface area contributed by atoms with Crippen LogP contribution < -0.4 is 9.62 Å². The number of cyclic esters (lactones) is 1. The number of rotatable bonds is 8. The number of ketones is 1. The molecule has 2 aliphatic rings. The van der Waals surface area contributed by atoms with E-state index >= 15 is 0 Å². The summed E-state index contributed by atoms with van der Waals surface area (Å²) in [7, 11) is -4.26. The molecule has 0 spiro atoms. The van der Waals surface area contributed by atoms with Crippen molar-refractivity contribution in [1.29, 1.82) is 0 Å². The molecule has 4 aromatic rings. The molecule has 1 aromatic heterocycles. The summed E-state index contributed by atoms with van der Waals surface area (Å²) in [5, 5.41) is 10.8. The van der Waals surface area contributed by atoms with Crippen molar-refractivity contribution in [2.75, 3.05) is 9.62 Å². The SMILES string of the molecule is CCn1c2c(c(C(=O)C3OC(=O)N(c4cc(S(=O)(=O)Nc5ccccc5Cl)ccc4O)C3=O)c1-c1ccccc1)CCCC2. The number of halogens is 1. The molecule has 44 heavy (non-hydrogen) atoms. The third-order valence-corrected chi connectivity index (χ3v) is 9.58. The molecule has 10 nitrogen and oxygen atoms in total. The minimum Gasteiger partial charge on any atom is -0.506 e. The molecule has 12 heteroatoms. The number of hydrogen-bond donors (Lipinski definition) is 2.